The van der Waals surface area contributed by atoms with Crippen molar-refractivity contribution >= 4 is 22.8 Å². The van der Waals surface area contributed by atoms with Crippen molar-refractivity contribution in [3.63, 3.8) is 0 Å². The van der Waals surface area contributed by atoms with Crippen LogP contribution in [0, 0.1) is 0 Å². The van der Waals surface area contributed by atoms with Crippen LogP contribution in [0.2, 0.25) is 5.28 Å². The first kappa shape index (κ1) is 12.6. The maximum atomic E-state index is 13.2. The Morgan fingerprint density at radius 1 is 1.42 bits per heavy atom. The molecule has 1 atom stereocenters. The minimum atomic E-state index is -4.57. The summed E-state index contributed by atoms with van der Waals surface area (Å²) in [5.74, 6) is -0.224. The maximum Gasteiger partial charge on any atom is 0.424 e. The Hall–Kier alpha value is -1.41. The Bertz CT molecular complexity index is 656. The fourth-order valence-corrected chi connectivity index (χ4v) is 2.22. The smallest absolute Gasteiger partial charge is 0.357 e. The summed E-state index contributed by atoms with van der Waals surface area (Å²) in [6.45, 7) is 1.12. The van der Waals surface area contributed by atoms with Crippen LogP contribution < -0.4 is 0 Å². The molecule has 9 heteroatoms. The van der Waals surface area contributed by atoms with Crippen molar-refractivity contribution < 1.29 is 17.9 Å². The zero-order chi connectivity index (χ0) is 13.8. The van der Waals surface area contributed by atoms with Crippen molar-refractivity contribution in [2.75, 3.05) is 6.61 Å². The van der Waals surface area contributed by atoms with Gasteiger partial charge in [-0.05, 0) is 18.5 Å². The van der Waals surface area contributed by atoms with Crippen LogP contribution in [-0.2, 0) is 16.9 Å². The molecule has 0 radical (unpaired) electrons. The minimum absolute atomic E-state index is 0.0320. The first-order valence-corrected chi connectivity index (χ1v) is 5.81. The Morgan fingerprint density at radius 2 is 2.16 bits per heavy atom. The van der Waals surface area contributed by atoms with Crippen LogP contribution in [0.3, 0.4) is 0 Å². The second-order valence-electron chi connectivity index (χ2n) is 4.31. The van der Waals surface area contributed by atoms with Gasteiger partial charge in [-0.3, -0.25) is 0 Å². The van der Waals surface area contributed by atoms with Gasteiger partial charge < -0.3 is 9.30 Å². The topological polar surface area (TPSA) is 52.8 Å². The van der Waals surface area contributed by atoms with Gasteiger partial charge in [-0.15, -0.1) is 0 Å². The number of alkyl halides is 3. The molecule has 0 fully saturated rings. The molecule has 0 aromatic carbocycles. The molecular weight excluding hydrogens is 285 g/mol. The van der Waals surface area contributed by atoms with E-state index in [1.807, 2.05) is 0 Å². The molecule has 0 aliphatic carbocycles. The van der Waals surface area contributed by atoms with Crippen LogP contribution in [0.25, 0.3) is 11.2 Å². The highest BCUT2D eigenvalue weighted by Crippen LogP contribution is 2.43. The number of nitrogens with zero attached hydrogens (tertiary/aromatic N) is 4. The van der Waals surface area contributed by atoms with Gasteiger partial charge in [0.25, 0.3) is 0 Å². The molecule has 5 nitrogen and oxygen atoms in total. The molecule has 0 saturated carbocycles. The largest absolute Gasteiger partial charge is 0.424 e. The van der Waals surface area contributed by atoms with Crippen molar-refractivity contribution in [1.82, 2.24) is 19.5 Å². The van der Waals surface area contributed by atoms with E-state index in [2.05, 4.69) is 15.0 Å². The van der Waals surface area contributed by atoms with Crippen LogP contribution in [0.4, 0.5) is 13.2 Å². The van der Waals surface area contributed by atoms with Gasteiger partial charge in [0, 0.05) is 6.54 Å². The van der Waals surface area contributed by atoms with Crippen LogP contribution in [0.1, 0.15) is 12.7 Å². The Kier molecular flexibility index (Phi) is 2.52. The fraction of sp³-hybridized carbons (Fsp3) is 0.500. The van der Waals surface area contributed by atoms with E-state index in [0.717, 1.165) is 6.92 Å². The number of fused-ring (bicyclic) bond motifs is 3. The molecule has 0 N–H and O–H groups in total. The lowest BCUT2D eigenvalue weighted by molar-refractivity contribution is -0.288. The fourth-order valence-electron chi connectivity index (χ4n) is 2.09. The lowest BCUT2D eigenvalue weighted by Crippen LogP contribution is -2.47. The average Bonchev–Trinajstić information content (AvgIpc) is 2.68. The molecular formula is C10H8ClF3N4O. The standard InChI is InChI=1S/C10H8ClF3N4O/c1-9(10(12,13)14)7-16-5-4-15-8(11)17-6(5)18(7)2-3-19-9/h4H,2-3H2,1H3. The molecule has 0 spiro atoms. The highest BCUT2D eigenvalue weighted by molar-refractivity contribution is 6.28. The first-order valence-electron chi connectivity index (χ1n) is 5.43. The molecule has 1 unspecified atom stereocenters. The van der Waals surface area contributed by atoms with E-state index in [1.165, 1.54) is 10.8 Å². The van der Waals surface area contributed by atoms with Gasteiger partial charge in [-0.2, -0.15) is 18.2 Å². The number of rotatable bonds is 0. The Balaban J connectivity index is 2.29. The zero-order valence-corrected chi connectivity index (χ0v) is 10.5. The van der Waals surface area contributed by atoms with E-state index in [9.17, 15) is 13.2 Å². The molecule has 2 aromatic rings. The van der Waals surface area contributed by atoms with E-state index in [-0.39, 0.29) is 35.4 Å². The molecule has 0 saturated heterocycles. The normalized spacial score (nSPS) is 23.6. The van der Waals surface area contributed by atoms with Gasteiger partial charge in [0.2, 0.25) is 10.9 Å². The monoisotopic (exact) mass is 292 g/mol. The van der Waals surface area contributed by atoms with Gasteiger partial charge in [0.05, 0.1) is 12.8 Å². The number of aromatic nitrogens is 4. The first-order chi connectivity index (χ1) is 8.83. The van der Waals surface area contributed by atoms with Gasteiger partial charge in [-0.1, -0.05) is 0 Å². The molecule has 1 aliphatic heterocycles. The highest BCUT2D eigenvalue weighted by atomic mass is 35.5. The predicted molar refractivity (Wildman–Crippen MR) is 59.7 cm³/mol. The number of hydrogen-bond donors (Lipinski definition) is 0. The van der Waals surface area contributed by atoms with Gasteiger partial charge >= 0.3 is 6.18 Å². The third-order valence-corrected chi connectivity index (χ3v) is 3.31. The van der Waals surface area contributed by atoms with Crippen LogP contribution >= 0.6 is 11.6 Å². The summed E-state index contributed by atoms with van der Waals surface area (Å²) in [5, 5.41) is -0.0320. The third kappa shape index (κ3) is 1.70. The van der Waals surface area contributed by atoms with E-state index in [0.29, 0.717) is 0 Å². The zero-order valence-electron chi connectivity index (χ0n) is 9.70. The number of hydrogen-bond acceptors (Lipinski definition) is 4. The second kappa shape index (κ2) is 3.80. The van der Waals surface area contributed by atoms with Crippen molar-refractivity contribution in [3.8, 4) is 0 Å². The summed E-state index contributed by atoms with van der Waals surface area (Å²) in [7, 11) is 0. The molecule has 1 aliphatic rings. The van der Waals surface area contributed by atoms with Crippen molar-refractivity contribution in [2.24, 2.45) is 0 Å². The van der Waals surface area contributed by atoms with Gasteiger partial charge in [0.15, 0.2) is 11.5 Å². The summed E-state index contributed by atoms with van der Waals surface area (Å²) in [6.07, 6.45) is -3.27. The van der Waals surface area contributed by atoms with Crippen LogP contribution in [0.15, 0.2) is 6.20 Å². The molecule has 0 bridgehead atoms. The van der Waals surface area contributed by atoms with E-state index in [4.69, 9.17) is 16.3 Å². The average molecular weight is 293 g/mol. The summed E-state index contributed by atoms with van der Waals surface area (Å²) in [6, 6.07) is 0. The molecule has 3 heterocycles. The van der Waals surface area contributed by atoms with Crippen molar-refractivity contribution in [3.05, 3.63) is 17.3 Å². The van der Waals surface area contributed by atoms with E-state index >= 15 is 0 Å². The maximum absolute atomic E-state index is 13.2. The molecule has 102 valence electrons. The van der Waals surface area contributed by atoms with Crippen LogP contribution in [-0.4, -0.2) is 32.3 Å². The van der Waals surface area contributed by atoms with E-state index in [1.54, 1.807) is 0 Å². The summed E-state index contributed by atoms with van der Waals surface area (Å²) >= 11 is 5.66. The second-order valence-corrected chi connectivity index (χ2v) is 4.65. The number of imidazole rings is 1. The summed E-state index contributed by atoms with van der Waals surface area (Å²) in [5.41, 5.74) is -1.90. The van der Waals surface area contributed by atoms with Crippen LogP contribution in [0.5, 0.6) is 0 Å². The van der Waals surface area contributed by atoms with E-state index < -0.39 is 11.8 Å². The molecule has 0 amide bonds. The highest BCUT2D eigenvalue weighted by Gasteiger charge is 2.58. The van der Waals surface area contributed by atoms with Gasteiger partial charge in [-0.25, -0.2) is 9.97 Å². The quantitative estimate of drug-likeness (QED) is 0.699. The lowest BCUT2D eigenvalue weighted by atomic mass is 10.0. The minimum Gasteiger partial charge on any atom is -0.357 e. The molecule has 3 rings (SSSR count). The third-order valence-electron chi connectivity index (χ3n) is 3.13. The van der Waals surface area contributed by atoms with Crippen molar-refractivity contribution in [1.29, 1.82) is 0 Å². The number of ether oxygens (including phenoxy) is 1. The predicted octanol–water partition coefficient (Wildman–Crippen LogP) is 2.29. The van der Waals surface area contributed by atoms with Crippen molar-refractivity contribution in [2.45, 2.75) is 25.2 Å². The lowest BCUT2D eigenvalue weighted by Gasteiger charge is -2.35. The summed E-state index contributed by atoms with van der Waals surface area (Å²) in [4.78, 5) is 11.6. The Labute approximate surface area is 110 Å². The molecule has 19 heavy (non-hydrogen) atoms. The molecule has 2 aromatic heterocycles. The summed E-state index contributed by atoms with van der Waals surface area (Å²) < 4.78 is 45.8. The number of halogens is 4. The SMILES string of the molecule is CC1(C(F)(F)F)OCCn2c1nc1cnc(Cl)nc12. The van der Waals surface area contributed by atoms with Gasteiger partial charge in [0.1, 0.15) is 5.52 Å². The Morgan fingerprint density at radius 3 is 2.84 bits per heavy atom.